The number of ketones is 1. The summed E-state index contributed by atoms with van der Waals surface area (Å²) in [5.41, 5.74) is 2.93. The molecule has 0 fully saturated rings. The average molecular weight is 319 g/mol. The summed E-state index contributed by atoms with van der Waals surface area (Å²) in [6.07, 6.45) is 1.51. The zero-order valence-corrected chi connectivity index (χ0v) is 11.8. The molecule has 0 atom stereocenters. The van der Waals surface area contributed by atoms with Gasteiger partial charge in [-0.05, 0) is 52.0 Å². The van der Waals surface area contributed by atoms with E-state index in [0.29, 0.717) is 10.0 Å². The number of Topliss-reactive ketones (excluding diaryl/α,β-unsaturated/α-hetero) is 1. The highest BCUT2D eigenvalue weighted by Gasteiger charge is 2.28. The van der Waals surface area contributed by atoms with Crippen molar-refractivity contribution in [1.29, 1.82) is 0 Å². The van der Waals surface area contributed by atoms with E-state index in [4.69, 9.17) is 0 Å². The summed E-state index contributed by atoms with van der Waals surface area (Å²) in [6.45, 7) is 0. The van der Waals surface area contributed by atoms with Gasteiger partial charge < -0.3 is 0 Å². The Kier molecular flexibility index (Phi) is 3.23. The number of carbonyl (C=O) groups excluding carboxylic acids is 1. The Morgan fingerprint density at radius 3 is 2.32 bits per heavy atom. The third-order valence-corrected chi connectivity index (χ3v) is 4.27. The largest absolute Gasteiger partial charge is 0.294 e. The Morgan fingerprint density at radius 1 is 1.11 bits per heavy atom. The lowest BCUT2D eigenvalue weighted by Crippen LogP contribution is -2.15. The number of carbonyl (C=O) groups is 1. The van der Waals surface area contributed by atoms with Gasteiger partial charge in [-0.3, -0.25) is 4.79 Å². The Bertz CT molecular complexity index is 626. The van der Waals surface area contributed by atoms with Crippen molar-refractivity contribution >= 4 is 21.7 Å². The summed E-state index contributed by atoms with van der Waals surface area (Å²) < 4.78 is 13.9. The van der Waals surface area contributed by atoms with Crippen molar-refractivity contribution in [3.63, 3.8) is 0 Å². The molecule has 0 radical (unpaired) electrons. The van der Waals surface area contributed by atoms with E-state index in [0.717, 1.165) is 12.8 Å². The first kappa shape index (κ1) is 12.5. The standard InChI is InChI=1S/C16H12BrFO/c17-14-6-5-12(9-15(14)18)16(19)13-7-10-3-1-2-4-11(10)8-13/h1-6,9,13H,7-8H2. The van der Waals surface area contributed by atoms with Crippen LogP contribution in [0.2, 0.25) is 0 Å². The van der Waals surface area contributed by atoms with Gasteiger partial charge >= 0.3 is 0 Å². The molecule has 0 bridgehead atoms. The van der Waals surface area contributed by atoms with Crippen molar-refractivity contribution in [3.05, 3.63) is 69.4 Å². The lowest BCUT2D eigenvalue weighted by atomic mass is 9.95. The van der Waals surface area contributed by atoms with Gasteiger partial charge in [0.2, 0.25) is 0 Å². The number of fused-ring (bicyclic) bond motifs is 1. The highest BCUT2D eigenvalue weighted by molar-refractivity contribution is 9.10. The number of rotatable bonds is 2. The molecule has 3 rings (SSSR count). The molecule has 1 nitrogen and oxygen atoms in total. The Balaban J connectivity index is 1.85. The van der Waals surface area contributed by atoms with E-state index in [1.165, 1.54) is 17.2 Å². The van der Waals surface area contributed by atoms with Crippen molar-refractivity contribution in [1.82, 2.24) is 0 Å². The topological polar surface area (TPSA) is 17.1 Å². The third-order valence-electron chi connectivity index (χ3n) is 3.63. The maximum absolute atomic E-state index is 13.5. The average Bonchev–Trinajstić information content (AvgIpc) is 2.85. The number of halogens is 2. The van der Waals surface area contributed by atoms with Gasteiger partial charge in [0, 0.05) is 11.5 Å². The SMILES string of the molecule is O=C(c1ccc(Br)c(F)c1)C1Cc2ccccc2C1. The van der Waals surface area contributed by atoms with Crippen LogP contribution in [0.1, 0.15) is 21.5 Å². The molecule has 0 amide bonds. The first-order valence-corrected chi connectivity index (χ1v) is 7.00. The van der Waals surface area contributed by atoms with Gasteiger partial charge in [-0.1, -0.05) is 30.3 Å². The van der Waals surface area contributed by atoms with Gasteiger partial charge in [0.15, 0.2) is 5.78 Å². The van der Waals surface area contributed by atoms with Crippen LogP contribution in [0.4, 0.5) is 4.39 Å². The second-order valence-electron chi connectivity index (χ2n) is 4.87. The molecule has 0 unspecified atom stereocenters. The molecule has 0 aromatic heterocycles. The van der Waals surface area contributed by atoms with Gasteiger partial charge in [-0.15, -0.1) is 0 Å². The minimum Gasteiger partial charge on any atom is -0.294 e. The quantitative estimate of drug-likeness (QED) is 0.759. The van der Waals surface area contributed by atoms with E-state index in [2.05, 4.69) is 28.1 Å². The summed E-state index contributed by atoms with van der Waals surface area (Å²) in [7, 11) is 0. The maximum Gasteiger partial charge on any atom is 0.166 e. The Labute approximate surface area is 119 Å². The van der Waals surface area contributed by atoms with E-state index in [1.807, 2.05) is 12.1 Å². The van der Waals surface area contributed by atoms with E-state index in [-0.39, 0.29) is 17.5 Å². The molecule has 0 heterocycles. The fourth-order valence-electron chi connectivity index (χ4n) is 2.63. The summed E-state index contributed by atoms with van der Waals surface area (Å²) >= 11 is 3.10. The molecular weight excluding hydrogens is 307 g/mol. The van der Waals surface area contributed by atoms with E-state index >= 15 is 0 Å². The monoisotopic (exact) mass is 318 g/mol. The molecule has 19 heavy (non-hydrogen) atoms. The second-order valence-corrected chi connectivity index (χ2v) is 5.72. The molecule has 0 spiro atoms. The molecule has 0 aliphatic heterocycles. The predicted molar refractivity (Wildman–Crippen MR) is 75.8 cm³/mol. The van der Waals surface area contributed by atoms with Crippen molar-refractivity contribution in [2.45, 2.75) is 12.8 Å². The van der Waals surface area contributed by atoms with Crippen LogP contribution in [0, 0.1) is 11.7 Å². The van der Waals surface area contributed by atoms with Crippen molar-refractivity contribution in [2.75, 3.05) is 0 Å². The smallest absolute Gasteiger partial charge is 0.166 e. The normalized spacial score (nSPS) is 14.4. The number of benzene rings is 2. The second kappa shape index (κ2) is 4.89. The number of hydrogen-bond donors (Lipinski definition) is 0. The van der Waals surface area contributed by atoms with Crippen molar-refractivity contribution in [2.24, 2.45) is 5.92 Å². The van der Waals surface area contributed by atoms with Crippen LogP contribution in [-0.2, 0) is 12.8 Å². The van der Waals surface area contributed by atoms with Crippen molar-refractivity contribution < 1.29 is 9.18 Å². The van der Waals surface area contributed by atoms with Crippen LogP contribution in [0.15, 0.2) is 46.9 Å². The van der Waals surface area contributed by atoms with Gasteiger partial charge in [0.25, 0.3) is 0 Å². The van der Waals surface area contributed by atoms with Crippen LogP contribution in [0.5, 0.6) is 0 Å². The van der Waals surface area contributed by atoms with Crippen LogP contribution in [0.3, 0.4) is 0 Å². The zero-order valence-electron chi connectivity index (χ0n) is 10.2. The fourth-order valence-corrected chi connectivity index (χ4v) is 2.88. The number of hydrogen-bond acceptors (Lipinski definition) is 1. The van der Waals surface area contributed by atoms with Gasteiger partial charge in [0.05, 0.1) is 4.47 Å². The van der Waals surface area contributed by atoms with Crippen LogP contribution < -0.4 is 0 Å². The highest BCUT2D eigenvalue weighted by atomic mass is 79.9. The van der Waals surface area contributed by atoms with Crippen LogP contribution in [0.25, 0.3) is 0 Å². The summed E-state index contributed by atoms with van der Waals surface area (Å²) in [4.78, 5) is 12.4. The first-order valence-electron chi connectivity index (χ1n) is 6.21. The van der Waals surface area contributed by atoms with Crippen LogP contribution in [-0.4, -0.2) is 5.78 Å². The predicted octanol–water partition coefficient (Wildman–Crippen LogP) is 4.19. The Hall–Kier alpha value is -1.48. The molecule has 1 aliphatic carbocycles. The van der Waals surface area contributed by atoms with Crippen LogP contribution >= 0.6 is 15.9 Å². The Morgan fingerprint density at radius 2 is 1.74 bits per heavy atom. The zero-order chi connectivity index (χ0) is 13.4. The molecule has 0 N–H and O–H groups in total. The summed E-state index contributed by atoms with van der Waals surface area (Å²) in [6, 6.07) is 12.7. The van der Waals surface area contributed by atoms with Crippen molar-refractivity contribution in [3.8, 4) is 0 Å². The summed E-state index contributed by atoms with van der Waals surface area (Å²) in [5, 5.41) is 0. The lowest BCUT2D eigenvalue weighted by Gasteiger charge is -2.08. The summed E-state index contributed by atoms with van der Waals surface area (Å²) in [5.74, 6) is -0.415. The van der Waals surface area contributed by atoms with Gasteiger partial charge in [-0.25, -0.2) is 4.39 Å². The third kappa shape index (κ3) is 2.35. The molecule has 3 heteroatoms. The van der Waals surface area contributed by atoms with E-state index in [9.17, 15) is 9.18 Å². The molecule has 2 aromatic rings. The van der Waals surface area contributed by atoms with E-state index in [1.54, 1.807) is 12.1 Å². The van der Waals surface area contributed by atoms with Gasteiger partial charge in [-0.2, -0.15) is 0 Å². The molecule has 1 aliphatic rings. The molecule has 0 saturated heterocycles. The highest BCUT2D eigenvalue weighted by Crippen LogP contribution is 2.29. The first-order chi connectivity index (χ1) is 9.15. The molecular formula is C16H12BrFO. The molecule has 0 saturated carbocycles. The molecule has 2 aromatic carbocycles. The fraction of sp³-hybridized carbons (Fsp3) is 0.188. The van der Waals surface area contributed by atoms with E-state index < -0.39 is 0 Å². The maximum atomic E-state index is 13.5. The lowest BCUT2D eigenvalue weighted by molar-refractivity contribution is 0.0924. The molecule has 96 valence electrons. The minimum absolute atomic E-state index is 0.0302. The minimum atomic E-state index is -0.388. The van der Waals surface area contributed by atoms with Gasteiger partial charge in [0.1, 0.15) is 5.82 Å².